The molecule has 7 rings (SSSR count). The number of aromatic nitrogens is 1. The van der Waals surface area contributed by atoms with Crippen molar-refractivity contribution in [1.82, 2.24) is 4.98 Å². The minimum absolute atomic E-state index is 0.0206. The van der Waals surface area contributed by atoms with E-state index in [-0.39, 0.29) is 21.7 Å². The summed E-state index contributed by atoms with van der Waals surface area (Å²) in [6, 6.07) is 56.3. The van der Waals surface area contributed by atoms with Crippen molar-refractivity contribution in [2.45, 2.75) is 105 Å². The summed E-state index contributed by atoms with van der Waals surface area (Å²) in [7, 11) is 0. The van der Waals surface area contributed by atoms with Gasteiger partial charge < -0.3 is 0 Å². The molecule has 6 aromatic carbocycles. The quantitative estimate of drug-likeness (QED) is 0.165. The van der Waals surface area contributed by atoms with Crippen molar-refractivity contribution in [3.63, 3.8) is 0 Å². The van der Waals surface area contributed by atoms with Crippen molar-refractivity contribution >= 4 is 0 Å². The van der Waals surface area contributed by atoms with E-state index in [1.54, 1.807) is 0 Å². The van der Waals surface area contributed by atoms with Crippen LogP contribution in [0.1, 0.15) is 105 Å². The molecule has 0 bridgehead atoms. The van der Waals surface area contributed by atoms with E-state index in [1.807, 2.05) is 0 Å². The summed E-state index contributed by atoms with van der Waals surface area (Å²) in [6.45, 7) is 27.9. The normalized spacial score (nSPS) is 12.5. The number of pyridine rings is 1. The number of benzene rings is 6. The summed E-state index contributed by atoms with van der Waals surface area (Å²) < 4.78 is 0. The van der Waals surface area contributed by atoms with Gasteiger partial charge in [0.05, 0.1) is 11.4 Å². The van der Waals surface area contributed by atoms with Crippen LogP contribution < -0.4 is 0 Å². The Morgan fingerprint density at radius 2 is 0.500 bits per heavy atom. The van der Waals surface area contributed by atoms with Crippen LogP contribution in [0.4, 0.5) is 0 Å². The van der Waals surface area contributed by atoms with E-state index >= 15 is 0 Å². The highest BCUT2D eigenvalue weighted by Crippen LogP contribution is 2.40. The Labute approximate surface area is 349 Å². The van der Waals surface area contributed by atoms with Crippen LogP contribution in [-0.4, -0.2) is 4.98 Å². The Morgan fingerprint density at radius 3 is 0.810 bits per heavy atom. The summed E-state index contributed by atoms with van der Waals surface area (Å²) in [4.78, 5) is 5.11. The Balaban J connectivity index is 1.35. The second kappa shape index (κ2) is 15.3. The topological polar surface area (TPSA) is 12.9 Å². The predicted octanol–water partition coefficient (Wildman–Crippen LogP) is 16.3. The van der Waals surface area contributed by atoms with Gasteiger partial charge in [-0.3, -0.25) is 0 Å². The molecule has 0 N–H and O–H groups in total. The smallest absolute Gasteiger partial charge is 0.0715 e. The SMILES string of the molecule is CC(C)(C)c1cc(-c2ccc(-c3cc(-c4ccccc4)nc(-c4ccccc4)c3)cc2)cc(-c2cc(-c3cc(C(C)(C)C)cc(C(C)(C)C)c3)cc(C(C)(C)C)c2)c1. The first-order valence-electron chi connectivity index (χ1n) is 20.9. The van der Waals surface area contributed by atoms with Gasteiger partial charge in [0.15, 0.2) is 0 Å². The first kappa shape index (κ1) is 40.7. The van der Waals surface area contributed by atoms with Gasteiger partial charge in [-0.2, -0.15) is 0 Å². The van der Waals surface area contributed by atoms with Crippen LogP contribution in [0.3, 0.4) is 0 Å². The zero-order valence-electron chi connectivity index (χ0n) is 36.9. The second-order valence-electron chi connectivity index (χ2n) is 20.3. The third-order valence-electron chi connectivity index (χ3n) is 11.4. The lowest BCUT2D eigenvalue weighted by molar-refractivity contribution is 0.569. The molecule has 0 radical (unpaired) electrons. The first-order chi connectivity index (χ1) is 27.2. The number of nitrogens with zero attached hydrogens (tertiary/aromatic N) is 1. The van der Waals surface area contributed by atoms with E-state index in [2.05, 4.69) is 235 Å². The van der Waals surface area contributed by atoms with Gasteiger partial charge in [-0.05, 0) is 113 Å². The minimum Gasteiger partial charge on any atom is -0.248 e. The maximum absolute atomic E-state index is 5.11. The molecular weight excluding hydrogens is 699 g/mol. The fraction of sp³-hybridized carbons (Fsp3) is 0.281. The van der Waals surface area contributed by atoms with Crippen LogP contribution >= 0.6 is 0 Å². The van der Waals surface area contributed by atoms with Gasteiger partial charge >= 0.3 is 0 Å². The molecule has 0 spiro atoms. The van der Waals surface area contributed by atoms with Gasteiger partial charge in [-0.15, -0.1) is 0 Å². The molecule has 0 amide bonds. The highest BCUT2D eigenvalue weighted by atomic mass is 14.7. The largest absolute Gasteiger partial charge is 0.248 e. The molecule has 58 heavy (non-hydrogen) atoms. The van der Waals surface area contributed by atoms with Gasteiger partial charge in [-0.1, -0.05) is 210 Å². The van der Waals surface area contributed by atoms with Crippen LogP contribution in [0.2, 0.25) is 0 Å². The van der Waals surface area contributed by atoms with Crippen LogP contribution in [-0.2, 0) is 21.7 Å². The first-order valence-corrected chi connectivity index (χ1v) is 20.9. The van der Waals surface area contributed by atoms with Gasteiger partial charge in [0.1, 0.15) is 0 Å². The number of hydrogen-bond acceptors (Lipinski definition) is 1. The Hall–Kier alpha value is -5.53. The van der Waals surface area contributed by atoms with E-state index in [4.69, 9.17) is 4.98 Å². The maximum atomic E-state index is 5.11. The zero-order valence-corrected chi connectivity index (χ0v) is 36.9. The lowest BCUT2D eigenvalue weighted by atomic mass is 9.77. The monoisotopic (exact) mass is 759 g/mol. The Morgan fingerprint density at radius 1 is 0.241 bits per heavy atom. The summed E-state index contributed by atoms with van der Waals surface area (Å²) in [6.07, 6.45) is 0. The summed E-state index contributed by atoms with van der Waals surface area (Å²) in [5.74, 6) is 0. The van der Waals surface area contributed by atoms with Gasteiger partial charge in [0, 0.05) is 11.1 Å². The highest BCUT2D eigenvalue weighted by Gasteiger charge is 2.24. The summed E-state index contributed by atoms with van der Waals surface area (Å²) in [5, 5.41) is 0. The fourth-order valence-electron chi connectivity index (χ4n) is 7.51. The third-order valence-corrected chi connectivity index (χ3v) is 11.4. The molecule has 0 fully saturated rings. The van der Waals surface area contributed by atoms with Crippen molar-refractivity contribution in [2.24, 2.45) is 0 Å². The van der Waals surface area contributed by atoms with E-state index in [1.165, 1.54) is 61.2 Å². The summed E-state index contributed by atoms with van der Waals surface area (Å²) >= 11 is 0. The number of rotatable bonds is 6. The Kier molecular flexibility index (Phi) is 10.7. The minimum atomic E-state index is -0.0312. The molecule has 0 aliphatic carbocycles. The molecule has 0 saturated heterocycles. The van der Waals surface area contributed by atoms with E-state index < -0.39 is 0 Å². The molecule has 0 unspecified atom stereocenters. The van der Waals surface area contributed by atoms with E-state index in [0.29, 0.717) is 0 Å². The summed E-state index contributed by atoms with van der Waals surface area (Å²) in [5.41, 5.74) is 19.4. The van der Waals surface area contributed by atoms with Crippen molar-refractivity contribution < 1.29 is 0 Å². The molecule has 1 heterocycles. The second-order valence-corrected chi connectivity index (χ2v) is 20.3. The maximum Gasteiger partial charge on any atom is 0.0715 e. The van der Waals surface area contributed by atoms with Crippen LogP contribution in [0.5, 0.6) is 0 Å². The van der Waals surface area contributed by atoms with E-state index in [0.717, 1.165) is 28.1 Å². The van der Waals surface area contributed by atoms with Gasteiger partial charge in [-0.25, -0.2) is 4.98 Å². The molecule has 1 nitrogen and oxygen atoms in total. The van der Waals surface area contributed by atoms with Crippen molar-refractivity contribution in [3.05, 3.63) is 174 Å². The molecule has 1 aromatic heterocycles. The highest BCUT2D eigenvalue weighted by molar-refractivity contribution is 5.82. The lowest BCUT2D eigenvalue weighted by Gasteiger charge is -2.27. The molecule has 0 atom stereocenters. The Bertz CT molecular complexity index is 2450. The molecule has 294 valence electrons. The molecule has 1 heteroatoms. The van der Waals surface area contributed by atoms with E-state index in [9.17, 15) is 0 Å². The van der Waals surface area contributed by atoms with Crippen molar-refractivity contribution in [1.29, 1.82) is 0 Å². The molecule has 7 aromatic rings. The molecule has 0 saturated carbocycles. The number of hydrogen-bond donors (Lipinski definition) is 0. The van der Waals surface area contributed by atoms with Gasteiger partial charge in [0.25, 0.3) is 0 Å². The lowest BCUT2D eigenvalue weighted by Crippen LogP contribution is -2.16. The van der Waals surface area contributed by atoms with Gasteiger partial charge in [0.2, 0.25) is 0 Å². The van der Waals surface area contributed by atoms with Crippen LogP contribution in [0, 0.1) is 0 Å². The predicted molar refractivity (Wildman–Crippen MR) is 252 cm³/mol. The zero-order chi connectivity index (χ0) is 41.6. The molecular formula is C57H61N. The standard InChI is InChI=1S/C57H61N/c1-54(2,3)48-29-42(38-23-25-39(26-24-38)47-35-52(40-19-15-13-16-20-40)58-53(36-47)41-21-17-14-18-22-41)27-43(30-48)44-28-45(32-49(31-44)55(4,5)6)46-33-50(56(7,8)9)37-51(34-46)57(10,11)12/h13-37H,1-12H3. The average Bonchev–Trinajstić information content (AvgIpc) is 3.19. The fourth-order valence-corrected chi connectivity index (χ4v) is 7.51. The molecule has 0 aliphatic heterocycles. The molecule has 0 aliphatic rings. The van der Waals surface area contributed by atoms with Crippen molar-refractivity contribution in [3.8, 4) is 67.0 Å². The van der Waals surface area contributed by atoms with Crippen LogP contribution in [0.25, 0.3) is 67.0 Å². The average molecular weight is 760 g/mol. The third kappa shape index (κ3) is 9.11. The van der Waals surface area contributed by atoms with Crippen molar-refractivity contribution in [2.75, 3.05) is 0 Å². The van der Waals surface area contributed by atoms with Crippen LogP contribution in [0.15, 0.2) is 152 Å².